The van der Waals surface area contributed by atoms with Gasteiger partial charge in [0.25, 0.3) is 0 Å². The normalized spacial score (nSPS) is 16.6. The van der Waals surface area contributed by atoms with Crippen LogP contribution >= 0.6 is 11.3 Å². The maximum Gasteiger partial charge on any atom is 0.237 e. The topological polar surface area (TPSA) is 41.6 Å². The van der Waals surface area contributed by atoms with E-state index in [0.29, 0.717) is 6.54 Å². The van der Waals surface area contributed by atoms with Crippen molar-refractivity contribution in [2.24, 2.45) is 0 Å². The second-order valence-corrected chi connectivity index (χ2v) is 7.34. The van der Waals surface area contributed by atoms with Crippen molar-refractivity contribution >= 4 is 17.2 Å². The van der Waals surface area contributed by atoms with Crippen LogP contribution in [-0.4, -0.2) is 37.6 Å². The Bertz CT molecular complexity index is 696. The molecule has 134 valence electrons. The number of nitrogens with zero attached hydrogens (tertiary/aromatic N) is 1. The highest BCUT2D eigenvalue weighted by molar-refractivity contribution is 7.10. The molecule has 0 bridgehead atoms. The molecular formula is C20H26N2O2S. The van der Waals surface area contributed by atoms with Crippen molar-refractivity contribution in [2.75, 3.05) is 26.7 Å². The van der Waals surface area contributed by atoms with Gasteiger partial charge in [0.2, 0.25) is 5.91 Å². The quantitative estimate of drug-likeness (QED) is 0.769. The van der Waals surface area contributed by atoms with Crippen molar-refractivity contribution in [3.8, 4) is 5.75 Å². The van der Waals surface area contributed by atoms with Crippen molar-refractivity contribution in [1.82, 2.24) is 10.2 Å². The summed E-state index contributed by atoms with van der Waals surface area (Å²) in [7, 11) is 1.67. The predicted octanol–water partition coefficient (Wildman–Crippen LogP) is 3.62. The van der Waals surface area contributed by atoms with Gasteiger partial charge >= 0.3 is 0 Å². The zero-order valence-electron chi connectivity index (χ0n) is 15.0. The van der Waals surface area contributed by atoms with Gasteiger partial charge in [-0.2, -0.15) is 0 Å². The molecule has 4 nitrogen and oxygen atoms in total. The number of rotatable bonds is 7. The van der Waals surface area contributed by atoms with Gasteiger partial charge in [0.1, 0.15) is 5.75 Å². The van der Waals surface area contributed by atoms with E-state index in [-0.39, 0.29) is 11.9 Å². The molecule has 1 aromatic heterocycles. The Morgan fingerprint density at radius 2 is 2.12 bits per heavy atom. The molecule has 1 amide bonds. The van der Waals surface area contributed by atoms with Crippen LogP contribution in [0.3, 0.4) is 0 Å². The molecule has 1 aliphatic rings. The Kier molecular flexibility index (Phi) is 6.10. The summed E-state index contributed by atoms with van der Waals surface area (Å²) < 4.78 is 5.27. The minimum absolute atomic E-state index is 0.00128. The van der Waals surface area contributed by atoms with E-state index >= 15 is 0 Å². The Morgan fingerprint density at radius 3 is 2.84 bits per heavy atom. The number of carbonyl (C=O) groups excluding carboxylic acids is 1. The second-order valence-electron chi connectivity index (χ2n) is 6.34. The van der Waals surface area contributed by atoms with E-state index in [1.165, 1.54) is 10.4 Å². The Labute approximate surface area is 153 Å². The number of ether oxygens (including phenoxy) is 1. The van der Waals surface area contributed by atoms with E-state index in [1.807, 2.05) is 17.0 Å². The van der Waals surface area contributed by atoms with Crippen LogP contribution in [0.25, 0.3) is 0 Å². The zero-order valence-corrected chi connectivity index (χ0v) is 15.8. The fourth-order valence-electron chi connectivity index (χ4n) is 3.33. The molecule has 0 saturated carbocycles. The summed E-state index contributed by atoms with van der Waals surface area (Å²) in [6, 6.07) is 10.2. The maximum absolute atomic E-state index is 12.8. The first kappa shape index (κ1) is 18.0. The molecule has 5 heteroatoms. The molecule has 1 aliphatic heterocycles. The van der Waals surface area contributed by atoms with Crippen molar-refractivity contribution in [1.29, 1.82) is 0 Å². The van der Waals surface area contributed by atoms with Gasteiger partial charge in [0.05, 0.1) is 19.7 Å². The number of nitrogens with one attached hydrogen (secondary N) is 1. The Balaban J connectivity index is 1.82. The smallest absolute Gasteiger partial charge is 0.237 e. The zero-order chi connectivity index (χ0) is 17.6. The molecule has 1 aromatic carbocycles. The van der Waals surface area contributed by atoms with E-state index in [0.717, 1.165) is 43.7 Å². The average molecular weight is 359 g/mol. The molecule has 0 radical (unpaired) electrons. The lowest BCUT2D eigenvalue weighted by Crippen LogP contribution is -2.44. The number of fused-ring (bicyclic) bond motifs is 1. The molecular weight excluding hydrogens is 332 g/mol. The van der Waals surface area contributed by atoms with Crippen molar-refractivity contribution in [3.05, 3.63) is 51.7 Å². The molecule has 0 aliphatic carbocycles. The monoisotopic (exact) mass is 358 g/mol. The van der Waals surface area contributed by atoms with Crippen molar-refractivity contribution in [3.63, 3.8) is 0 Å². The number of thiophene rings is 1. The van der Waals surface area contributed by atoms with E-state index < -0.39 is 0 Å². The highest BCUT2D eigenvalue weighted by Crippen LogP contribution is 2.38. The van der Waals surface area contributed by atoms with Crippen molar-refractivity contribution in [2.45, 2.75) is 32.2 Å². The summed E-state index contributed by atoms with van der Waals surface area (Å²) >= 11 is 1.79. The first-order chi connectivity index (χ1) is 12.2. The molecule has 0 spiro atoms. The van der Waals surface area contributed by atoms with Gasteiger partial charge in [-0.15, -0.1) is 11.3 Å². The summed E-state index contributed by atoms with van der Waals surface area (Å²) in [5.74, 6) is 1.01. The van der Waals surface area contributed by atoms with Crippen molar-refractivity contribution < 1.29 is 9.53 Å². The summed E-state index contributed by atoms with van der Waals surface area (Å²) in [6.07, 6.45) is 3.18. The summed E-state index contributed by atoms with van der Waals surface area (Å²) in [5.41, 5.74) is 2.41. The molecule has 0 fully saturated rings. The lowest BCUT2D eigenvalue weighted by Gasteiger charge is -2.36. The van der Waals surface area contributed by atoms with Crippen LogP contribution < -0.4 is 10.1 Å². The number of carbonyl (C=O) groups is 1. The van der Waals surface area contributed by atoms with Crippen LogP contribution in [0.15, 0.2) is 35.7 Å². The maximum atomic E-state index is 12.8. The number of amides is 1. The summed E-state index contributed by atoms with van der Waals surface area (Å²) in [6.45, 7) is 4.24. The number of benzene rings is 1. The van der Waals surface area contributed by atoms with Crippen LogP contribution in [0.5, 0.6) is 5.75 Å². The molecule has 1 unspecified atom stereocenters. The van der Waals surface area contributed by atoms with E-state index in [9.17, 15) is 4.79 Å². The highest BCUT2D eigenvalue weighted by atomic mass is 32.1. The van der Waals surface area contributed by atoms with Gasteiger partial charge in [0.15, 0.2) is 0 Å². The average Bonchev–Trinajstić information content (AvgIpc) is 3.13. The molecule has 1 atom stereocenters. The third-order valence-electron chi connectivity index (χ3n) is 4.70. The van der Waals surface area contributed by atoms with Gasteiger partial charge in [-0.05, 0) is 54.1 Å². The van der Waals surface area contributed by atoms with E-state index in [1.54, 1.807) is 18.4 Å². The number of hydrogen-bond acceptors (Lipinski definition) is 4. The van der Waals surface area contributed by atoms with Crippen LogP contribution in [-0.2, 0) is 11.2 Å². The first-order valence-electron chi connectivity index (χ1n) is 8.95. The lowest BCUT2D eigenvalue weighted by atomic mass is 9.93. The highest BCUT2D eigenvalue weighted by Gasteiger charge is 2.32. The van der Waals surface area contributed by atoms with Crippen LogP contribution in [0.2, 0.25) is 0 Å². The molecule has 2 aromatic rings. The lowest BCUT2D eigenvalue weighted by molar-refractivity contribution is -0.132. The Morgan fingerprint density at radius 1 is 1.32 bits per heavy atom. The van der Waals surface area contributed by atoms with Crippen LogP contribution in [0.1, 0.15) is 41.8 Å². The fourth-order valence-corrected chi connectivity index (χ4v) is 4.23. The minimum atomic E-state index is 0.00128. The Hall–Kier alpha value is -1.85. The number of hydrogen-bond donors (Lipinski definition) is 1. The van der Waals surface area contributed by atoms with Crippen LogP contribution in [0.4, 0.5) is 0 Å². The number of methoxy groups -OCH3 is 1. The summed E-state index contributed by atoms with van der Waals surface area (Å²) in [5, 5.41) is 5.42. The molecule has 3 rings (SSSR count). The molecule has 2 heterocycles. The van der Waals surface area contributed by atoms with Gasteiger partial charge in [-0.3, -0.25) is 4.79 Å². The fraction of sp³-hybridized carbons (Fsp3) is 0.450. The largest absolute Gasteiger partial charge is 0.497 e. The van der Waals surface area contributed by atoms with E-state index in [2.05, 4.69) is 35.8 Å². The third kappa shape index (κ3) is 4.05. The molecule has 0 saturated heterocycles. The third-order valence-corrected chi connectivity index (χ3v) is 5.70. The SMILES string of the molecule is CCCCNCC(=O)N1CCc2sccc2C1c1ccc(OC)cc1. The van der Waals surface area contributed by atoms with Gasteiger partial charge in [0, 0.05) is 11.4 Å². The van der Waals surface area contributed by atoms with E-state index in [4.69, 9.17) is 4.74 Å². The van der Waals surface area contributed by atoms with Crippen LogP contribution in [0, 0.1) is 0 Å². The molecule has 25 heavy (non-hydrogen) atoms. The first-order valence-corrected chi connectivity index (χ1v) is 9.83. The van der Waals surface area contributed by atoms with Gasteiger partial charge in [-0.1, -0.05) is 25.5 Å². The number of unbranched alkanes of at least 4 members (excludes halogenated alkanes) is 1. The summed E-state index contributed by atoms with van der Waals surface area (Å²) in [4.78, 5) is 16.3. The molecule has 1 N–H and O–H groups in total. The second kappa shape index (κ2) is 8.50. The van der Waals surface area contributed by atoms with Gasteiger partial charge < -0.3 is 15.0 Å². The van der Waals surface area contributed by atoms with Gasteiger partial charge in [-0.25, -0.2) is 0 Å². The predicted molar refractivity (Wildman–Crippen MR) is 102 cm³/mol. The standard InChI is InChI=1S/C20H26N2O2S/c1-3-4-11-21-14-19(23)22-12-9-18-17(10-13-25-18)20(22)15-5-7-16(24-2)8-6-15/h5-8,10,13,20-21H,3-4,9,11-12,14H2,1-2H3. The minimum Gasteiger partial charge on any atom is -0.497 e.